The molecule has 92 valence electrons. The molecule has 0 saturated carbocycles. The highest BCUT2D eigenvalue weighted by Gasteiger charge is 2.26. The SMILES string of the molecule is NC1CC(=O)N(CCCCC(N)C(=O)O)C1. The molecule has 1 amide bonds. The number of nitrogens with two attached hydrogens (primary N) is 2. The number of aliphatic carboxylic acids is 1. The van der Waals surface area contributed by atoms with E-state index in [0.29, 0.717) is 32.4 Å². The molecule has 1 saturated heterocycles. The van der Waals surface area contributed by atoms with E-state index in [0.717, 1.165) is 6.42 Å². The number of nitrogens with zero attached hydrogens (tertiary/aromatic N) is 1. The summed E-state index contributed by atoms with van der Waals surface area (Å²) in [5, 5.41) is 8.56. The highest BCUT2D eigenvalue weighted by atomic mass is 16.4. The Morgan fingerprint density at radius 1 is 1.56 bits per heavy atom. The van der Waals surface area contributed by atoms with Crippen LogP contribution in [0.15, 0.2) is 0 Å². The van der Waals surface area contributed by atoms with Crippen LogP contribution < -0.4 is 11.5 Å². The lowest BCUT2D eigenvalue weighted by molar-refractivity contribution is -0.138. The molecule has 5 N–H and O–H groups in total. The Balaban J connectivity index is 2.12. The molecule has 2 unspecified atom stereocenters. The number of rotatable bonds is 6. The van der Waals surface area contributed by atoms with Gasteiger partial charge < -0.3 is 21.5 Å². The molecule has 16 heavy (non-hydrogen) atoms. The summed E-state index contributed by atoms with van der Waals surface area (Å²) in [5.74, 6) is -0.880. The van der Waals surface area contributed by atoms with Crippen molar-refractivity contribution in [3.8, 4) is 0 Å². The molecule has 6 nitrogen and oxygen atoms in total. The van der Waals surface area contributed by atoms with E-state index in [9.17, 15) is 9.59 Å². The number of carbonyl (C=O) groups is 2. The second-order valence-electron chi connectivity index (χ2n) is 4.24. The summed E-state index contributed by atoms with van der Waals surface area (Å²) in [6.45, 7) is 1.27. The van der Waals surface area contributed by atoms with E-state index in [4.69, 9.17) is 16.6 Å². The Morgan fingerprint density at radius 3 is 2.75 bits per heavy atom. The number of hydrogen-bond acceptors (Lipinski definition) is 4. The first-order valence-electron chi connectivity index (χ1n) is 5.52. The predicted octanol–water partition coefficient (Wildman–Crippen LogP) is -0.872. The number of likely N-dealkylation sites (tertiary alicyclic amines) is 1. The molecular formula is C10H19N3O3. The number of carboxylic acids is 1. The quantitative estimate of drug-likeness (QED) is 0.513. The lowest BCUT2D eigenvalue weighted by Crippen LogP contribution is -2.31. The summed E-state index contributed by atoms with van der Waals surface area (Å²) in [7, 11) is 0. The zero-order valence-electron chi connectivity index (χ0n) is 9.26. The fourth-order valence-corrected chi connectivity index (χ4v) is 1.81. The first kappa shape index (κ1) is 12.9. The van der Waals surface area contributed by atoms with Gasteiger partial charge in [0.1, 0.15) is 6.04 Å². The second kappa shape index (κ2) is 5.81. The van der Waals surface area contributed by atoms with E-state index >= 15 is 0 Å². The van der Waals surface area contributed by atoms with Crippen LogP contribution in [-0.4, -0.2) is 47.1 Å². The van der Waals surface area contributed by atoms with Crippen molar-refractivity contribution in [1.82, 2.24) is 4.90 Å². The zero-order valence-corrected chi connectivity index (χ0v) is 9.26. The van der Waals surface area contributed by atoms with Gasteiger partial charge in [-0.2, -0.15) is 0 Å². The molecule has 1 aliphatic heterocycles. The van der Waals surface area contributed by atoms with Gasteiger partial charge in [0.15, 0.2) is 0 Å². The number of carboxylic acid groups (broad SMARTS) is 1. The van der Waals surface area contributed by atoms with E-state index in [1.54, 1.807) is 4.90 Å². The average Bonchev–Trinajstić information content (AvgIpc) is 2.51. The van der Waals surface area contributed by atoms with E-state index in [1.165, 1.54) is 0 Å². The molecule has 2 atom stereocenters. The number of carbonyl (C=O) groups excluding carboxylic acids is 1. The normalized spacial score (nSPS) is 22.5. The summed E-state index contributed by atoms with van der Waals surface area (Å²) < 4.78 is 0. The van der Waals surface area contributed by atoms with Gasteiger partial charge in [0.2, 0.25) is 5.91 Å². The van der Waals surface area contributed by atoms with Gasteiger partial charge in [-0.25, -0.2) is 0 Å². The third-order valence-corrected chi connectivity index (χ3v) is 2.75. The molecule has 0 aromatic heterocycles. The first-order valence-corrected chi connectivity index (χ1v) is 5.52. The van der Waals surface area contributed by atoms with Crippen LogP contribution in [0.25, 0.3) is 0 Å². The molecule has 0 radical (unpaired) electrons. The van der Waals surface area contributed by atoms with Gasteiger partial charge in [0, 0.05) is 25.6 Å². The Labute approximate surface area is 94.6 Å². The molecule has 6 heteroatoms. The molecular weight excluding hydrogens is 210 g/mol. The fraction of sp³-hybridized carbons (Fsp3) is 0.800. The van der Waals surface area contributed by atoms with Gasteiger partial charge >= 0.3 is 5.97 Å². The van der Waals surface area contributed by atoms with Crippen LogP contribution >= 0.6 is 0 Å². The van der Waals surface area contributed by atoms with Crippen molar-refractivity contribution in [1.29, 1.82) is 0 Å². The summed E-state index contributed by atoms with van der Waals surface area (Å²) in [5.41, 5.74) is 11.0. The van der Waals surface area contributed by atoms with E-state index in [1.807, 2.05) is 0 Å². The molecule has 1 rings (SSSR count). The van der Waals surface area contributed by atoms with Crippen molar-refractivity contribution in [2.24, 2.45) is 11.5 Å². The summed E-state index contributed by atoms with van der Waals surface area (Å²) in [4.78, 5) is 23.5. The van der Waals surface area contributed by atoms with Crippen LogP contribution in [-0.2, 0) is 9.59 Å². The molecule has 0 aromatic carbocycles. The molecule has 1 fully saturated rings. The van der Waals surface area contributed by atoms with Gasteiger partial charge in [0.05, 0.1) is 0 Å². The standard InChI is InChI=1S/C10H19N3O3/c11-7-5-9(14)13(6-7)4-2-1-3-8(12)10(15)16/h7-8H,1-6,11-12H2,(H,15,16). The topological polar surface area (TPSA) is 110 Å². The van der Waals surface area contributed by atoms with Crippen LogP contribution in [0, 0.1) is 0 Å². The van der Waals surface area contributed by atoms with Crippen LogP contribution in [0.2, 0.25) is 0 Å². The summed E-state index contributed by atoms with van der Waals surface area (Å²) >= 11 is 0. The van der Waals surface area contributed by atoms with Gasteiger partial charge in [0.25, 0.3) is 0 Å². The van der Waals surface area contributed by atoms with Crippen molar-refractivity contribution >= 4 is 11.9 Å². The molecule has 0 aromatic rings. The summed E-state index contributed by atoms with van der Waals surface area (Å²) in [6.07, 6.45) is 2.37. The van der Waals surface area contributed by atoms with E-state index in [2.05, 4.69) is 0 Å². The predicted molar refractivity (Wildman–Crippen MR) is 58.6 cm³/mol. The van der Waals surface area contributed by atoms with E-state index < -0.39 is 12.0 Å². The number of amides is 1. The zero-order chi connectivity index (χ0) is 12.1. The highest BCUT2D eigenvalue weighted by molar-refractivity contribution is 5.79. The molecule has 0 aliphatic carbocycles. The minimum absolute atomic E-state index is 0.0474. The van der Waals surface area contributed by atoms with Gasteiger partial charge in [-0.1, -0.05) is 0 Å². The lowest BCUT2D eigenvalue weighted by Gasteiger charge is -2.15. The Morgan fingerprint density at radius 2 is 2.25 bits per heavy atom. The van der Waals surface area contributed by atoms with Crippen molar-refractivity contribution in [3.05, 3.63) is 0 Å². The third-order valence-electron chi connectivity index (χ3n) is 2.75. The van der Waals surface area contributed by atoms with Crippen LogP contribution in [0.5, 0.6) is 0 Å². The first-order chi connectivity index (χ1) is 7.50. The van der Waals surface area contributed by atoms with Crippen molar-refractivity contribution in [3.63, 3.8) is 0 Å². The average molecular weight is 229 g/mol. The van der Waals surface area contributed by atoms with E-state index in [-0.39, 0.29) is 11.9 Å². The monoisotopic (exact) mass is 229 g/mol. The largest absolute Gasteiger partial charge is 0.480 e. The van der Waals surface area contributed by atoms with Crippen molar-refractivity contribution < 1.29 is 14.7 Å². The van der Waals surface area contributed by atoms with Crippen molar-refractivity contribution in [2.45, 2.75) is 37.8 Å². The third kappa shape index (κ3) is 3.79. The Kier molecular flexibility index (Phi) is 4.70. The van der Waals surface area contributed by atoms with Gasteiger partial charge in [-0.05, 0) is 19.3 Å². The summed E-state index contributed by atoms with van der Waals surface area (Å²) in [6, 6.07) is -0.842. The fourth-order valence-electron chi connectivity index (χ4n) is 1.81. The maximum Gasteiger partial charge on any atom is 0.320 e. The molecule has 1 aliphatic rings. The second-order valence-corrected chi connectivity index (χ2v) is 4.24. The Bertz CT molecular complexity index is 270. The maximum absolute atomic E-state index is 11.3. The van der Waals surface area contributed by atoms with Crippen LogP contribution in [0.3, 0.4) is 0 Å². The Hall–Kier alpha value is -1.14. The lowest BCUT2D eigenvalue weighted by atomic mass is 10.1. The smallest absolute Gasteiger partial charge is 0.320 e. The highest BCUT2D eigenvalue weighted by Crippen LogP contribution is 2.10. The van der Waals surface area contributed by atoms with Crippen LogP contribution in [0.4, 0.5) is 0 Å². The number of hydrogen-bond donors (Lipinski definition) is 3. The minimum Gasteiger partial charge on any atom is -0.480 e. The number of unbranched alkanes of at least 4 members (excludes halogenated alkanes) is 1. The minimum atomic E-state index is -0.973. The molecule has 0 spiro atoms. The van der Waals surface area contributed by atoms with Crippen molar-refractivity contribution in [2.75, 3.05) is 13.1 Å². The van der Waals surface area contributed by atoms with Crippen LogP contribution in [0.1, 0.15) is 25.7 Å². The van der Waals surface area contributed by atoms with Gasteiger partial charge in [-0.15, -0.1) is 0 Å². The van der Waals surface area contributed by atoms with Gasteiger partial charge in [-0.3, -0.25) is 9.59 Å². The molecule has 1 heterocycles. The maximum atomic E-state index is 11.3. The molecule has 0 bridgehead atoms.